The molecule has 0 aliphatic carbocycles. The SMILES string of the molecule is N#Cc1nc(-c2ccc3ccc4cccnc4c3n2)[nH]c1C#N. The van der Waals surface area contributed by atoms with E-state index in [0.29, 0.717) is 11.5 Å². The molecule has 3 aromatic heterocycles. The van der Waals surface area contributed by atoms with Crippen molar-refractivity contribution >= 4 is 21.8 Å². The first kappa shape index (κ1) is 12.9. The molecular weight excluding hydrogens is 288 g/mol. The fraction of sp³-hybridized carbons (Fsp3) is 0. The van der Waals surface area contributed by atoms with Crippen LogP contribution >= 0.6 is 0 Å². The van der Waals surface area contributed by atoms with Crippen LogP contribution in [-0.4, -0.2) is 19.9 Å². The van der Waals surface area contributed by atoms with Crippen molar-refractivity contribution in [2.24, 2.45) is 0 Å². The number of H-pyrrole nitrogens is 1. The predicted octanol–water partition coefficient (Wildman–Crippen LogP) is 2.92. The lowest BCUT2D eigenvalue weighted by molar-refractivity contribution is 1.24. The van der Waals surface area contributed by atoms with Gasteiger partial charge in [0.1, 0.15) is 17.8 Å². The zero-order valence-electron chi connectivity index (χ0n) is 11.8. The summed E-state index contributed by atoms with van der Waals surface area (Å²) in [4.78, 5) is 16.0. The molecule has 6 heteroatoms. The molecule has 1 aromatic carbocycles. The molecule has 0 fully saturated rings. The normalized spacial score (nSPS) is 10.5. The van der Waals surface area contributed by atoms with Crippen LogP contribution in [0, 0.1) is 22.7 Å². The van der Waals surface area contributed by atoms with Crippen LogP contribution in [0.1, 0.15) is 11.4 Å². The van der Waals surface area contributed by atoms with Crippen LogP contribution in [0.25, 0.3) is 33.3 Å². The molecule has 1 N–H and O–H groups in total. The third-order valence-electron chi connectivity index (χ3n) is 3.60. The number of hydrogen-bond donors (Lipinski definition) is 1. The Hall–Kier alpha value is -3.77. The van der Waals surface area contributed by atoms with E-state index in [-0.39, 0.29) is 11.4 Å². The van der Waals surface area contributed by atoms with E-state index in [2.05, 4.69) is 19.9 Å². The molecule has 0 radical (unpaired) electrons. The Labute approximate surface area is 130 Å². The number of nitrogens with one attached hydrogen (secondary N) is 1. The minimum absolute atomic E-state index is 0.0699. The van der Waals surface area contributed by atoms with E-state index in [4.69, 9.17) is 10.5 Å². The van der Waals surface area contributed by atoms with Crippen molar-refractivity contribution in [1.82, 2.24) is 19.9 Å². The average molecular weight is 296 g/mol. The van der Waals surface area contributed by atoms with E-state index < -0.39 is 0 Å². The molecule has 0 saturated heterocycles. The van der Waals surface area contributed by atoms with Gasteiger partial charge < -0.3 is 4.98 Å². The molecule has 4 rings (SSSR count). The molecule has 23 heavy (non-hydrogen) atoms. The van der Waals surface area contributed by atoms with Gasteiger partial charge in [-0.15, -0.1) is 0 Å². The highest BCUT2D eigenvalue weighted by atomic mass is 15.0. The minimum atomic E-state index is 0.0699. The van der Waals surface area contributed by atoms with Crippen LogP contribution in [-0.2, 0) is 0 Å². The highest BCUT2D eigenvalue weighted by molar-refractivity contribution is 6.03. The second-order valence-electron chi connectivity index (χ2n) is 4.94. The molecular formula is C17H8N6. The Balaban J connectivity index is 1.99. The standard InChI is InChI=1S/C17H8N6/c18-8-13-14(9-19)23-17(22-13)12-6-5-11-4-3-10-2-1-7-20-15(10)16(11)21-12/h1-7H,(H,22,23). The first-order valence-electron chi connectivity index (χ1n) is 6.85. The summed E-state index contributed by atoms with van der Waals surface area (Å²) in [6.07, 6.45) is 1.73. The van der Waals surface area contributed by atoms with E-state index in [0.717, 1.165) is 21.8 Å². The van der Waals surface area contributed by atoms with Crippen LogP contribution in [0.15, 0.2) is 42.6 Å². The van der Waals surface area contributed by atoms with Crippen LogP contribution in [0.4, 0.5) is 0 Å². The number of rotatable bonds is 1. The smallest absolute Gasteiger partial charge is 0.177 e. The maximum Gasteiger partial charge on any atom is 0.177 e. The number of nitriles is 2. The van der Waals surface area contributed by atoms with Gasteiger partial charge in [-0.25, -0.2) is 9.97 Å². The fourth-order valence-corrected chi connectivity index (χ4v) is 2.51. The largest absolute Gasteiger partial charge is 0.327 e. The highest BCUT2D eigenvalue weighted by Crippen LogP contribution is 2.25. The Morgan fingerprint density at radius 3 is 2.39 bits per heavy atom. The van der Waals surface area contributed by atoms with Crippen molar-refractivity contribution in [3.8, 4) is 23.7 Å². The molecule has 0 amide bonds. The van der Waals surface area contributed by atoms with E-state index in [1.807, 2.05) is 42.5 Å². The van der Waals surface area contributed by atoms with Gasteiger partial charge in [0.05, 0.1) is 11.0 Å². The van der Waals surface area contributed by atoms with Gasteiger partial charge in [-0.05, 0) is 12.1 Å². The highest BCUT2D eigenvalue weighted by Gasteiger charge is 2.13. The maximum atomic E-state index is 9.02. The molecule has 0 spiro atoms. The Bertz CT molecular complexity index is 1110. The molecule has 0 aliphatic rings. The average Bonchev–Trinajstić information content (AvgIpc) is 3.04. The number of pyridine rings is 2. The number of fused-ring (bicyclic) bond motifs is 3. The zero-order valence-corrected chi connectivity index (χ0v) is 11.8. The summed E-state index contributed by atoms with van der Waals surface area (Å²) in [5.74, 6) is 0.396. The summed E-state index contributed by atoms with van der Waals surface area (Å²) < 4.78 is 0. The van der Waals surface area contributed by atoms with E-state index >= 15 is 0 Å². The number of benzene rings is 1. The van der Waals surface area contributed by atoms with Crippen LogP contribution in [0.2, 0.25) is 0 Å². The van der Waals surface area contributed by atoms with Crippen molar-refractivity contribution in [2.75, 3.05) is 0 Å². The van der Waals surface area contributed by atoms with Crippen LogP contribution in [0.3, 0.4) is 0 Å². The maximum absolute atomic E-state index is 9.02. The van der Waals surface area contributed by atoms with Gasteiger partial charge in [0, 0.05) is 17.0 Å². The van der Waals surface area contributed by atoms with Gasteiger partial charge in [-0.3, -0.25) is 4.98 Å². The van der Waals surface area contributed by atoms with E-state index in [1.165, 1.54) is 0 Å². The molecule has 106 valence electrons. The molecule has 6 nitrogen and oxygen atoms in total. The number of aromatic amines is 1. The third-order valence-corrected chi connectivity index (χ3v) is 3.60. The van der Waals surface area contributed by atoms with Crippen molar-refractivity contribution in [3.05, 3.63) is 54.0 Å². The minimum Gasteiger partial charge on any atom is -0.327 e. The summed E-state index contributed by atoms with van der Waals surface area (Å²) in [5.41, 5.74) is 2.34. The molecule has 0 saturated carbocycles. The van der Waals surface area contributed by atoms with Crippen molar-refractivity contribution < 1.29 is 0 Å². The van der Waals surface area contributed by atoms with Crippen LogP contribution in [0.5, 0.6) is 0 Å². The Morgan fingerprint density at radius 2 is 1.65 bits per heavy atom. The molecule has 3 heterocycles. The van der Waals surface area contributed by atoms with Crippen molar-refractivity contribution in [3.63, 3.8) is 0 Å². The van der Waals surface area contributed by atoms with Gasteiger partial charge in [-0.1, -0.05) is 24.3 Å². The zero-order chi connectivity index (χ0) is 15.8. The van der Waals surface area contributed by atoms with Crippen molar-refractivity contribution in [2.45, 2.75) is 0 Å². The quantitative estimate of drug-likeness (QED) is 0.544. The van der Waals surface area contributed by atoms with Gasteiger partial charge in [0.25, 0.3) is 0 Å². The van der Waals surface area contributed by atoms with E-state index in [1.54, 1.807) is 12.3 Å². The van der Waals surface area contributed by atoms with Crippen LogP contribution < -0.4 is 0 Å². The van der Waals surface area contributed by atoms with Gasteiger partial charge in [0.15, 0.2) is 17.2 Å². The lowest BCUT2D eigenvalue weighted by atomic mass is 10.1. The Kier molecular flexibility index (Phi) is 2.76. The van der Waals surface area contributed by atoms with Gasteiger partial charge in [-0.2, -0.15) is 10.5 Å². The summed E-state index contributed by atoms with van der Waals surface area (Å²) in [6.45, 7) is 0. The Morgan fingerprint density at radius 1 is 0.870 bits per heavy atom. The lowest BCUT2D eigenvalue weighted by Crippen LogP contribution is -1.90. The summed E-state index contributed by atoms with van der Waals surface area (Å²) >= 11 is 0. The molecule has 4 aromatic rings. The summed E-state index contributed by atoms with van der Waals surface area (Å²) in [7, 11) is 0. The summed E-state index contributed by atoms with van der Waals surface area (Å²) in [6, 6.07) is 15.4. The number of nitrogens with zero attached hydrogens (tertiary/aromatic N) is 5. The lowest BCUT2D eigenvalue weighted by Gasteiger charge is -2.04. The second-order valence-corrected chi connectivity index (χ2v) is 4.94. The molecule has 0 unspecified atom stereocenters. The molecule has 0 aliphatic heterocycles. The molecule has 0 bridgehead atoms. The second kappa shape index (κ2) is 4.90. The monoisotopic (exact) mass is 296 g/mol. The third kappa shape index (κ3) is 1.98. The predicted molar refractivity (Wildman–Crippen MR) is 84.1 cm³/mol. The first-order valence-corrected chi connectivity index (χ1v) is 6.85. The fourth-order valence-electron chi connectivity index (χ4n) is 2.51. The number of imidazole rings is 1. The molecule has 0 atom stereocenters. The number of aromatic nitrogens is 4. The van der Waals surface area contributed by atoms with Crippen molar-refractivity contribution in [1.29, 1.82) is 10.5 Å². The van der Waals surface area contributed by atoms with Gasteiger partial charge >= 0.3 is 0 Å². The first-order chi connectivity index (χ1) is 11.3. The number of hydrogen-bond acceptors (Lipinski definition) is 5. The summed E-state index contributed by atoms with van der Waals surface area (Å²) in [5, 5.41) is 20.0. The topological polar surface area (TPSA) is 102 Å². The van der Waals surface area contributed by atoms with Gasteiger partial charge in [0.2, 0.25) is 0 Å². The van der Waals surface area contributed by atoms with E-state index in [9.17, 15) is 0 Å².